The van der Waals surface area contributed by atoms with Crippen molar-refractivity contribution in [3.63, 3.8) is 0 Å². The fourth-order valence-electron chi connectivity index (χ4n) is 2.82. The van der Waals surface area contributed by atoms with E-state index in [0.717, 1.165) is 11.1 Å². The second-order valence-corrected chi connectivity index (χ2v) is 8.76. The quantitative estimate of drug-likeness (QED) is 0.416. The van der Waals surface area contributed by atoms with E-state index in [1.54, 1.807) is 42.5 Å². The zero-order chi connectivity index (χ0) is 22.3. The molecule has 1 unspecified atom stereocenters. The first-order valence-electron chi connectivity index (χ1n) is 9.50. The molecule has 7 nitrogen and oxygen atoms in total. The Hall–Kier alpha value is -3.65. The smallest absolute Gasteiger partial charge is 0.278 e. The van der Waals surface area contributed by atoms with Crippen LogP contribution in [-0.2, 0) is 14.6 Å². The second kappa shape index (κ2) is 9.90. The first kappa shape index (κ1) is 22.0. The molecule has 1 atom stereocenters. The summed E-state index contributed by atoms with van der Waals surface area (Å²) in [5.41, 5.74) is 4.56. The number of hydrazone groups is 1. The molecule has 0 fully saturated rings. The number of para-hydroxylation sites is 2. The predicted molar refractivity (Wildman–Crippen MR) is 121 cm³/mol. The fraction of sp³-hybridized carbons (Fsp3) is 0.130. The monoisotopic (exact) mass is 437 g/mol. The van der Waals surface area contributed by atoms with Crippen molar-refractivity contribution in [3.05, 3.63) is 90.0 Å². The van der Waals surface area contributed by atoms with Crippen LogP contribution >= 0.6 is 0 Å². The minimum Gasteiger partial charge on any atom is -0.495 e. The summed E-state index contributed by atoms with van der Waals surface area (Å²) >= 11 is 0. The summed E-state index contributed by atoms with van der Waals surface area (Å²) in [6.45, 7) is 1.96. The van der Waals surface area contributed by atoms with Gasteiger partial charge in [-0.1, -0.05) is 60.2 Å². The zero-order valence-electron chi connectivity index (χ0n) is 17.1. The van der Waals surface area contributed by atoms with Gasteiger partial charge in [-0.15, -0.1) is 0 Å². The average Bonchev–Trinajstić information content (AvgIpc) is 2.79. The van der Waals surface area contributed by atoms with E-state index in [9.17, 15) is 13.2 Å². The highest BCUT2D eigenvalue weighted by Crippen LogP contribution is 2.26. The van der Waals surface area contributed by atoms with E-state index >= 15 is 0 Å². The van der Waals surface area contributed by atoms with E-state index < -0.39 is 21.1 Å². The lowest BCUT2D eigenvalue weighted by Gasteiger charge is -2.20. The Morgan fingerprint density at radius 1 is 0.968 bits per heavy atom. The molecule has 0 heterocycles. The van der Waals surface area contributed by atoms with Crippen LogP contribution in [0.5, 0.6) is 5.75 Å². The van der Waals surface area contributed by atoms with Crippen molar-refractivity contribution < 1.29 is 17.9 Å². The van der Waals surface area contributed by atoms with Gasteiger partial charge in [-0.3, -0.25) is 4.79 Å². The number of aryl methyl sites for hydroxylation is 1. The van der Waals surface area contributed by atoms with Gasteiger partial charge in [-0.2, -0.15) is 5.10 Å². The highest BCUT2D eigenvalue weighted by atomic mass is 32.2. The molecule has 2 N–H and O–H groups in total. The highest BCUT2D eigenvalue weighted by Gasteiger charge is 2.34. The SMILES string of the molecule is COc1ccccc1NC(C(=O)N/N=C/c1ccc(C)cc1)S(=O)(=O)c1ccccc1. The van der Waals surface area contributed by atoms with Gasteiger partial charge in [0.25, 0.3) is 5.91 Å². The van der Waals surface area contributed by atoms with Crippen LogP contribution in [0.4, 0.5) is 5.69 Å². The summed E-state index contributed by atoms with van der Waals surface area (Å²) in [7, 11) is -2.61. The number of hydrogen-bond acceptors (Lipinski definition) is 6. The predicted octanol–water partition coefficient (Wildman–Crippen LogP) is 3.37. The number of carbonyl (C=O) groups excluding carboxylic acids is 1. The Bertz CT molecular complexity index is 1160. The molecule has 0 saturated carbocycles. The van der Waals surface area contributed by atoms with E-state index in [-0.39, 0.29) is 4.90 Å². The molecule has 0 aliphatic heterocycles. The third-order valence-electron chi connectivity index (χ3n) is 4.48. The number of amides is 1. The molecule has 31 heavy (non-hydrogen) atoms. The summed E-state index contributed by atoms with van der Waals surface area (Å²) in [5, 5.41) is 5.09. The molecule has 3 rings (SSSR count). The van der Waals surface area contributed by atoms with Gasteiger partial charge in [-0.25, -0.2) is 13.8 Å². The van der Waals surface area contributed by atoms with Gasteiger partial charge in [0.05, 0.1) is 23.9 Å². The Morgan fingerprint density at radius 3 is 2.29 bits per heavy atom. The van der Waals surface area contributed by atoms with E-state index in [4.69, 9.17) is 4.74 Å². The molecule has 8 heteroatoms. The van der Waals surface area contributed by atoms with Crippen molar-refractivity contribution in [3.8, 4) is 5.75 Å². The standard InChI is InChI=1S/C23H23N3O4S/c1-17-12-14-18(15-13-17)16-24-26-22(27)23(25-20-10-6-7-11-21(20)30-2)31(28,29)19-8-4-3-5-9-19/h3-16,23,25H,1-2H3,(H,26,27)/b24-16+. The Kier molecular flexibility index (Phi) is 7.04. The topological polar surface area (TPSA) is 96.9 Å². The minimum atomic E-state index is -4.08. The van der Waals surface area contributed by atoms with Crippen LogP contribution < -0.4 is 15.5 Å². The van der Waals surface area contributed by atoms with Crippen molar-refractivity contribution >= 4 is 27.6 Å². The summed E-state index contributed by atoms with van der Waals surface area (Å²) < 4.78 is 31.7. The molecule has 0 spiro atoms. The number of carbonyl (C=O) groups is 1. The summed E-state index contributed by atoms with van der Waals surface area (Å²) in [5.74, 6) is -0.412. The van der Waals surface area contributed by atoms with Gasteiger partial charge in [0, 0.05) is 0 Å². The van der Waals surface area contributed by atoms with Crippen molar-refractivity contribution in [2.45, 2.75) is 17.2 Å². The number of benzene rings is 3. The van der Waals surface area contributed by atoms with Crippen LogP contribution in [0, 0.1) is 6.92 Å². The average molecular weight is 438 g/mol. The molecule has 0 radical (unpaired) electrons. The van der Waals surface area contributed by atoms with Gasteiger partial charge in [0.1, 0.15) is 5.75 Å². The van der Waals surface area contributed by atoms with Crippen LogP contribution in [0.2, 0.25) is 0 Å². The molecule has 3 aromatic rings. The molecule has 3 aromatic carbocycles. The van der Waals surface area contributed by atoms with Crippen LogP contribution in [0.3, 0.4) is 0 Å². The third kappa shape index (κ3) is 5.49. The number of ether oxygens (including phenoxy) is 1. The third-order valence-corrected chi connectivity index (χ3v) is 6.36. The lowest BCUT2D eigenvalue weighted by atomic mass is 10.2. The maximum atomic E-state index is 13.2. The van der Waals surface area contributed by atoms with E-state index in [0.29, 0.717) is 11.4 Å². The van der Waals surface area contributed by atoms with Gasteiger partial charge >= 0.3 is 0 Å². The highest BCUT2D eigenvalue weighted by molar-refractivity contribution is 7.93. The minimum absolute atomic E-state index is 0.0139. The van der Waals surface area contributed by atoms with Crippen LogP contribution in [0.15, 0.2) is 88.9 Å². The van der Waals surface area contributed by atoms with Crippen molar-refractivity contribution in [2.24, 2.45) is 5.10 Å². The van der Waals surface area contributed by atoms with Crippen molar-refractivity contribution in [2.75, 3.05) is 12.4 Å². The number of nitrogens with zero attached hydrogens (tertiary/aromatic N) is 1. The normalized spacial score (nSPS) is 12.3. The van der Waals surface area contributed by atoms with Gasteiger partial charge < -0.3 is 10.1 Å². The van der Waals surface area contributed by atoms with E-state index in [2.05, 4.69) is 15.8 Å². The number of rotatable bonds is 8. The van der Waals surface area contributed by atoms with E-state index in [1.165, 1.54) is 25.5 Å². The van der Waals surface area contributed by atoms with Crippen molar-refractivity contribution in [1.82, 2.24) is 5.43 Å². The Morgan fingerprint density at radius 2 is 1.61 bits per heavy atom. The molecule has 1 amide bonds. The molecule has 0 bridgehead atoms. The largest absolute Gasteiger partial charge is 0.495 e. The number of sulfone groups is 1. The molecule has 0 saturated heterocycles. The first-order valence-corrected chi connectivity index (χ1v) is 11.0. The lowest BCUT2D eigenvalue weighted by Crippen LogP contribution is -2.43. The number of nitrogens with one attached hydrogen (secondary N) is 2. The number of hydrogen-bond donors (Lipinski definition) is 2. The van der Waals surface area contributed by atoms with Crippen LogP contribution in [0.25, 0.3) is 0 Å². The van der Waals surface area contributed by atoms with Crippen molar-refractivity contribution in [1.29, 1.82) is 0 Å². The van der Waals surface area contributed by atoms with Crippen LogP contribution in [0.1, 0.15) is 11.1 Å². The molecule has 0 aliphatic carbocycles. The van der Waals surface area contributed by atoms with Gasteiger partial charge in [0.15, 0.2) is 0 Å². The molecule has 0 aromatic heterocycles. The Labute approximate surface area is 181 Å². The van der Waals surface area contributed by atoms with E-state index in [1.807, 2.05) is 31.2 Å². The lowest BCUT2D eigenvalue weighted by molar-refractivity contribution is -0.120. The molecular weight excluding hydrogens is 414 g/mol. The maximum Gasteiger partial charge on any atom is 0.278 e. The first-order chi connectivity index (χ1) is 14.9. The molecule has 160 valence electrons. The maximum absolute atomic E-state index is 13.2. The number of methoxy groups -OCH3 is 1. The summed E-state index contributed by atoms with van der Waals surface area (Å²) in [6, 6.07) is 22.0. The summed E-state index contributed by atoms with van der Waals surface area (Å²) in [4.78, 5) is 12.9. The second-order valence-electron chi connectivity index (χ2n) is 6.73. The van der Waals surface area contributed by atoms with Crippen LogP contribution in [-0.4, -0.2) is 33.0 Å². The molecule has 0 aliphatic rings. The fourth-order valence-corrected chi connectivity index (χ4v) is 4.24. The van der Waals surface area contributed by atoms with Gasteiger partial charge in [-0.05, 0) is 36.8 Å². The zero-order valence-corrected chi connectivity index (χ0v) is 18.0. The summed E-state index contributed by atoms with van der Waals surface area (Å²) in [6.07, 6.45) is 1.45. The van der Waals surface area contributed by atoms with Gasteiger partial charge in [0.2, 0.25) is 15.2 Å². The molecular formula is C23H23N3O4S. The number of anilines is 1. The Balaban J connectivity index is 1.89.